The highest BCUT2D eigenvalue weighted by Gasteiger charge is 2.22. The third kappa shape index (κ3) is 3.56. The Morgan fingerprint density at radius 1 is 1.20 bits per heavy atom. The van der Waals surface area contributed by atoms with Crippen LogP contribution in [0.25, 0.3) is 0 Å². The van der Waals surface area contributed by atoms with Gasteiger partial charge in [-0.3, -0.25) is 9.78 Å². The molecule has 0 bridgehead atoms. The van der Waals surface area contributed by atoms with Crippen LogP contribution >= 0.6 is 11.6 Å². The zero-order valence-corrected chi connectivity index (χ0v) is 15.1. The Morgan fingerprint density at radius 3 is 2.80 bits per heavy atom. The SMILES string of the molecule is O=c1cc2c(nn1CC1CCN(c3ccncc3Cl)CC1)CCCC2. The van der Waals surface area contributed by atoms with Crippen molar-refractivity contribution in [1.29, 1.82) is 0 Å². The molecule has 1 aliphatic carbocycles. The van der Waals surface area contributed by atoms with Crippen LogP contribution in [-0.4, -0.2) is 27.9 Å². The largest absolute Gasteiger partial charge is 0.370 e. The maximum absolute atomic E-state index is 12.4. The van der Waals surface area contributed by atoms with E-state index in [9.17, 15) is 4.79 Å². The molecule has 0 unspecified atom stereocenters. The fourth-order valence-electron chi connectivity index (χ4n) is 3.96. The molecule has 25 heavy (non-hydrogen) atoms. The van der Waals surface area contributed by atoms with E-state index in [1.807, 2.05) is 12.1 Å². The average molecular weight is 359 g/mol. The zero-order chi connectivity index (χ0) is 17.2. The van der Waals surface area contributed by atoms with Gasteiger partial charge in [0.25, 0.3) is 5.56 Å². The third-order valence-electron chi connectivity index (χ3n) is 5.41. The van der Waals surface area contributed by atoms with Crippen LogP contribution in [0.2, 0.25) is 5.02 Å². The van der Waals surface area contributed by atoms with Crippen molar-refractivity contribution in [3.8, 4) is 0 Å². The minimum Gasteiger partial charge on any atom is -0.370 e. The number of aromatic nitrogens is 3. The molecule has 0 radical (unpaired) electrons. The highest BCUT2D eigenvalue weighted by atomic mass is 35.5. The molecule has 6 heteroatoms. The monoisotopic (exact) mass is 358 g/mol. The highest BCUT2D eigenvalue weighted by molar-refractivity contribution is 6.33. The summed E-state index contributed by atoms with van der Waals surface area (Å²) >= 11 is 6.25. The van der Waals surface area contributed by atoms with Crippen molar-refractivity contribution < 1.29 is 0 Å². The molecular formula is C19H23ClN4O. The van der Waals surface area contributed by atoms with Crippen molar-refractivity contribution in [3.05, 3.63) is 51.2 Å². The first-order valence-corrected chi connectivity index (χ1v) is 9.53. The Hall–Kier alpha value is -1.88. The van der Waals surface area contributed by atoms with E-state index in [1.54, 1.807) is 17.1 Å². The summed E-state index contributed by atoms with van der Waals surface area (Å²) in [6.07, 6.45) is 9.94. The number of rotatable bonds is 3. The maximum atomic E-state index is 12.4. The number of pyridine rings is 1. The van der Waals surface area contributed by atoms with E-state index in [0.717, 1.165) is 62.3 Å². The summed E-state index contributed by atoms with van der Waals surface area (Å²) in [6.45, 7) is 2.63. The Balaban J connectivity index is 1.42. The summed E-state index contributed by atoms with van der Waals surface area (Å²) in [6, 6.07) is 3.78. The van der Waals surface area contributed by atoms with Gasteiger partial charge in [0, 0.05) is 38.1 Å². The van der Waals surface area contributed by atoms with Crippen molar-refractivity contribution in [1.82, 2.24) is 14.8 Å². The second-order valence-electron chi connectivity index (χ2n) is 7.10. The average Bonchev–Trinajstić information content (AvgIpc) is 2.63. The van der Waals surface area contributed by atoms with E-state index < -0.39 is 0 Å². The molecule has 0 N–H and O–H groups in total. The molecular weight excluding hydrogens is 336 g/mol. The number of fused-ring (bicyclic) bond motifs is 1. The summed E-state index contributed by atoms with van der Waals surface area (Å²) in [5, 5.41) is 5.36. The predicted octanol–water partition coefficient (Wildman–Crippen LogP) is 3.09. The molecule has 0 saturated carbocycles. The number of hydrogen-bond donors (Lipinski definition) is 0. The number of nitrogens with zero attached hydrogens (tertiary/aromatic N) is 4. The maximum Gasteiger partial charge on any atom is 0.267 e. The van der Waals surface area contributed by atoms with Crippen LogP contribution < -0.4 is 10.5 Å². The molecule has 5 nitrogen and oxygen atoms in total. The van der Waals surface area contributed by atoms with Gasteiger partial charge in [-0.15, -0.1) is 0 Å². The number of hydrogen-bond acceptors (Lipinski definition) is 4. The van der Waals surface area contributed by atoms with Crippen LogP contribution in [0, 0.1) is 5.92 Å². The van der Waals surface area contributed by atoms with Gasteiger partial charge in [-0.05, 0) is 56.1 Å². The first-order chi connectivity index (χ1) is 12.2. The molecule has 2 aromatic heterocycles. The molecule has 0 atom stereocenters. The molecule has 4 rings (SSSR count). The molecule has 2 aromatic rings. The van der Waals surface area contributed by atoms with E-state index >= 15 is 0 Å². The molecule has 1 saturated heterocycles. The topological polar surface area (TPSA) is 51.0 Å². The van der Waals surface area contributed by atoms with Gasteiger partial charge in [0.2, 0.25) is 0 Å². The van der Waals surface area contributed by atoms with Crippen LogP contribution in [0.15, 0.2) is 29.3 Å². The molecule has 0 amide bonds. The number of aryl methyl sites for hydroxylation is 2. The van der Waals surface area contributed by atoms with Crippen molar-refractivity contribution in [2.75, 3.05) is 18.0 Å². The number of piperidine rings is 1. The Morgan fingerprint density at radius 2 is 2.00 bits per heavy atom. The first-order valence-electron chi connectivity index (χ1n) is 9.15. The second kappa shape index (κ2) is 7.16. The molecule has 132 valence electrons. The molecule has 1 fully saturated rings. The lowest BCUT2D eigenvalue weighted by molar-refractivity contribution is 0.332. The van der Waals surface area contributed by atoms with Crippen LogP contribution in [0.3, 0.4) is 0 Å². The Kier molecular flexibility index (Phi) is 4.75. The van der Waals surface area contributed by atoms with Gasteiger partial charge in [-0.2, -0.15) is 5.10 Å². The van der Waals surface area contributed by atoms with Crippen LogP contribution in [-0.2, 0) is 19.4 Å². The zero-order valence-electron chi connectivity index (χ0n) is 14.3. The van der Waals surface area contributed by atoms with Gasteiger partial charge in [-0.1, -0.05) is 11.6 Å². The van der Waals surface area contributed by atoms with Crippen LogP contribution in [0.1, 0.15) is 36.9 Å². The Bertz CT molecular complexity index is 811. The van der Waals surface area contributed by atoms with Crippen molar-refractivity contribution in [2.24, 2.45) is 5.92 Å². The minimum absolute atomic E-state index is 0.0558. The molecule has 0 spiro atoms. The number of anilines is 1. The van der Waals surface area contributed by atoms with Crippen molar-refractivity contribution >= 4 is 17.3 Å². The second-order valence-corrected chi connectivity index (χ2v) is 7.51. The fraction of sp³-hybridized carbons (Fsp3) is 0.526. The summed E-state index contributed by atoms with van der Waals surface area (Å²) < 4.78 is 1.70. The lowest BCUT2D eigenvalue weighted by Gasteiger charge is -2.34. The van der Waals surface area contributed by atoms with Crippen molar-refractivity contribution in [2.45, 2.75) is 45.1 Å². The van der Waals surface area contributed by atoms with E-state index in [0.29, 0.717) is 10.9 Å². The fourth-order valence-corrected chi connectivity index (χ4v) is 4.20. The van der Waals surface area contributed by atoms with Gasteiger partial charge in [-0.25, -0.2) is 4.68 Å². The lowest BCUT2D eigenvalue weighted by atomic mass is 9.95. The van der Waals surface area contributed by atoms with Gasteiger partial charge < -0.3 is 4.90 Å². The summed E-state index contributed by atoms with van der Waals surface area (Å²) in [5.41, 5.74) is 3.40. The Labute approximate surface area is 152 Å². The van der Waals surface area contributed by atoms with E-state index in [4.69, 9.17) is 11.6 Å². The normalized spacial score (nSPS) is 18.2. The van der Waals surface area contributed by atoms with Gasteiger partial charge in [0.05, 0.1) is 16.4 Å². The predicted molar refractivity (Wildman–Crippen MR) is 99.3 cm³/mol. The quantitative estimate of drug-likeness (QED) is 0.846. The van der Waals surface area contributed by atoms with E-state index in [-0.39, 0.29) is 5.56 Å². The summed E-state index contributed by atoms with van der Waals surface area (Å²) in [7, 11) is 0. The smallest absolute Gasteiger partial charge is 0.267 e. The van der Waals surface area contributed by atoms with Crippen molar-refractivity contribution in [3.63, 3.8) is 0 Å². The first kappa shape index (κ1) is 16.6. The molecule has 1 aliphatic heterocycles. The van der Waals surface area contributed by atoms with E-state index in [1.165, 1.54) is 12.8 Å². The minimum atomic E-state index is 0.0558. The van der Waals surface area contributed by atoms with Gasteiger partial charge >= 0.3 is 0 Å². The summed E-state index contributed by atoms with van der Waals surface area (Å²) in [4.78, 5) is 18.7. The van der Waals surface area contributed by atoms with E-state index in [2.05, 4.69) is 15.0 Å². The molecule has 0 aromatic carbocycles. The van der Waals surface area contributed by atoms with Crippen LogP contribution in [0.4, 0.5) is 5.69 Å². The third-order valence-corrected chi connectivity index (χ3v) is 5.70. The molecule has 2 aliphatic rings. The van der Waals surface area contributed by atoms with Gasteiger partial charge in [0.1, 0.15) is 0 Å². The summed E-state index contributed by atoms with van der Waals surface area (Å²) in [5.74, 6) is 0.490. The lowest BCUT2D eigenvalue weighted by Crippen LogP contribution is -2.37. The standard InChI is InChI=1S/C19H23ClN4O/c20-16-12-21-8-5-18(16)23-9-6-14(7-10-23)13-24-19(25)11-15-3-1-2-4-17(15)22-24/h5,8,11-12,14H,1-4,6-7,9-10,13H2. The number of halogens is 1. The molecule has 3 heterocycles. The highest BCUT2D eigenvalue weighted by Crippen LogP contribution is 2.29. The van der Waals surface area contributed by atoms with Crippen LogP contribution in [0.5, 0.6) is 0 Å². The van der Waals surface area contributed by atoms with Gasteiger partial charge in [0.15, 0.2) is 0 Å².